The fourth-order valence-electron chi connectivity index (χ4n) is 2.29. The minimum Gasteiger partial charge on any atom is -0.396 e. The lowest BCUT2D eigenvalue weighted by molar-refractivity contribution is -0.128. The van der Waals surface area contributed by atoms with Gasteiger partial charge in [-0.1, -0.05) is 0 Å². The predicted molar refractivity (Wildman–Crippen MR) is 75.2 cm³/mol. The third-order valence-electron chi connectivity index (χ3n) is 3.52. The molecule has 1 aromatic rings. The average molecular weight is 283 g/mol. The van der Waals surface area contributed by atoms with Crippen molar-refractivity contribution in [3.63, 3.8) is 0 Å². The molecule has 1 saturated heterocycles. The molecule has 1 fully saturated rings. The highest BCUT2D eigenvalue weighted by Crippen LogP contribution is 2.15. The van der Waals surface area contributed by atoms with Gasteiger partial charge in [0.2, 0.25) is 5.91 Å². The van der Waals surface area contributed by atoms with E-state index in [-0.39, 0.29) is 24.3 Å². The molecule has 106 valence electrons. The van der Waals surface area contributed by atoms with Crippen molar-refractivity contribution in [2.45, 2.75) is 19.3 Å². The van der Waals surface area contributed by atoms with E-state index in [9.17, 15) is 9.90 Å². The maximum absolute atomic E-state index is 12.0. The van der Waals surface area contributed by atoms with Crippen LogP contribution in [-0.4, -0.2) is 37.4 Å². The molecule has 19 heavy (non-hydrogen) atoms. The van der Waals surface area contributed by atoms with Crippen LogP contribution in [-0.2, 0) is 16.0 Å². The molecule has 2 heterocycles. The van der Waals surface area contributed by atoms with Gasteiger partial charge in [0.1, 0.15) is 0 Å². The van der Waals surface area contributed by atoms with E-state index in [1.54, 1.807) is 11.3 Å². The first-order valence-corrected chi connectivity index (χ1v) is 7.71. The summed E-state index contributed by atoms with van der Waals surface area (Å²) in [5.41, 5.74) is 1.23. The SMILES string of the molecule is O=C(NCC(CO)Cc1ccsc1)C1CCOCC1. The Labute approximate surface area is 117 Å². The molecular weight excluding hydrogens is 262 g/mol. The van der Waals surface area contributed by atoms with Crippen molar-refractivity contribution >= 4 is 17.2 Å². The molecule has 0 bridgehead atoms. The van der Waals surface area contributed by atoms with E-state index in [1.165, 1.54) is 5.56 Å². The second-order valence-corrected chi connectivity index (χ2v) is 5.80. The van der Waals surface area contributed by atoms with Crippen LogP contribution < -0.4 is 5.32 Å². The van der Waals surface area contributed by atoms with Gasteiger partial charge in [-0.05, 0) is 41.7 Å². The van der Waals surface area contributed by atoms with Gasteiger partial charge in [-0.25, -0.2) is 0 Å². The van der Waals surface area contributed by atoms with Gasteiger partial charge >= 0.3 is 0 Å². The van der Waals surface area contributed by atoms with Gasteiger partial charge < -0.3 is 15.2 Å². The summed E-state index contributed by atoms with van der Waals surface area (Å²) < 4.78 is 5.25. The van der Waals surface area contributed by atoms with Crippen LogP contribution in [0.4, 0.5) is 0 Å². The Balaban J connectivity index is 1.74. The number of amides is 1. The van der Waals surface area contributed by atoms with Gasteiger partial charge in [-0.3, -0.25) is 4.79 Å². The Morgan fingerprint density at radius 2 is 2.32 bits per heavy atom. The molecule has 2 N–H and O–H groups in total. The van der Waals surface area contributed by atoms with Gasteiger partial charge in [0.25, 0.3) is 0 Å². The molecule has 0 aromatic carbocycles. The minimum atomic E-state index is 0.0780. The zero-order valence-electron chi connectivity index (χ0n) is 11.0. The lowest BCUT2D eigenvalue weighted by atomic mass is 9.98. The molecule has 1 atom stereocenters. The van der Waals surface area contributed by atoms with Crippen molar-refractivity contribution in [3.05, 3.63) is 22.4 Å². The summed E-state index contributed by atoms with van der Waals surface area (Å²) in [6, 6.07) is 2.06. The van der Waals surface area contributed by atoms with Crippen LogP contribution >= 0.6 is 11.3 Å². The molecule has 1 amide bonds. The number of hydrogen-bond donors (Lipinski definition) is 2. The molecular formula is C14H21NO3S. The zero-order chi connectivity index (χ0) is 13.5. The van der Waals surface area contributed by atoms with Crippen LogP contribution in [0.2, 0.25) is 0 Å². The first kappa shape index (κ1) is 14.5. The summed E-state index contributed by atoms with van der Waals surface area (Å²) in [6.07, 6.45) is 2.42. The van der Waals surface area contributed by atoms with E-state index in [0.717, 1.165) is 19.3 Å². The van der Waals surface area contributed by atoms with Crippen LogP contribution in [0.25, 0.3) is 0 Å². The van der Waals surface area contributed by atoms with E-state index < -0.39 is 0 Å². The molecule has 4 nitrogen and oxygen atoms in total. The maximum atomic E-state index is 12.0. The number of nitrogens with one attached hydrogen (secondary N) is 1. The van der Waals surface area contributed by atoms with E-state index in [2.05, 4.69) is 16.8 Å². The summed E-state index contributed by atoms with van der Waals surface area (Å²) >= 11 is 1.66. The fourth-order valence-corrected chi connectivity index (χ4v) is 2.97. The van der Waals surface area contributed by atoms with Crippen molar-refractivity contribution in [1.29, 1.82) is 0 Å². The normalized spacial score (nSPS) is 18.2. The number of aliphatic hydroxyl groups excluding tert-OH is 1. The molecule has 1 aliphatic rings. The van der Waals surface area contributed by atoms with Crippen LogP contribution in [0.15, 0.2) is 16.8 Å². The van der Waals surface area contributed by atoms with Crippen molar-refractivity contribution in [3.8, 4) is 0 Å². The molecule has 1 aromatic heterocycles. The highest BCUT2D eigenvalue weighted by molar-refractivity contribution is 7.07. The summed E-state index contributed by atoms with van der Waals surface area (Å²) in [5, 5.41) is 16.5. The number of rotatable bonds is 6. The summed E-state index contributed by atoms with van der Waals surface area (Å²) in [5.74, 6) is 0.277. The molecule has 0 aliphatic carbocycles. The molecule has 1 aliphatic heterocycles. The Morgan fingerprint density at radius 1 is 1.53 bits per heavy atom. The first-order valence-electron chi connectivity index (χ1n) is 6.77. The third kappa shape index (κ3) is 4.60. The zero-order valence-corrected chi connectivity index (χ0v) is 11.8. The monoisotopic (exact) mass is 283 g/mol. The molecule has 5 heteroatoms. The summed E-state index contributed by atoms with van der Waals surface area (Å²) in [6.45, 7) is 2.00. The molecule has 0 radical (unpaired) electrons. The highest BCUT2D eigenvalue weighted by Gasteiger charge is 2.22. The smallest absolute Gasteiger partial charge is 0.223 e. The van der Waals surface area contributed by atoms with Gasteiger partial charge in [0.15, 0.2) is 0 Å². The third-order valence-corrected chi connectivity index (χ3v) is 4.25. The summed E-state index contributed by atoms with van der Waals surface area (Å²) in [7, 11) is 0. The van der Waals surface area contributed by atoms with E-state index in [0.29, 0.717) is 19.8 Å². The predicted octanol–water partition coefficient (Wildman–Crippen LogP) is 1.44. The standard InChI is InChI=1S/C14H21NO3S/c16-9-12(7-11-3-6-19-10-11)8-15-14(17)13-1-4-18-5-2-13/h3,6,10,12-13,16H,1-2,4-5,7-9H2,(H,15,17). The number of hydrogen-bond acceptors (Lipinski definition) is 4. The second-order valence-electron chi connectivity index (χ2n) is 5.02. The van der Waals surface area contributed by atoms with Crippen LogP contribution in [0, 0.1) is 11.8 Å². The highest BCUT2D eigenvalue weighted by atomic mass is 32.1. The second kappa shape index (κ2) is 7.62. The number of carbonyl (C=O) groups is 1. The minimum absolute atomic E-state index is 0.0780. The number of thiophene rings is 1. The van der Waals surface area contributed by atoms with Crippen molar-refractivity contribution in [1.82, 2.24) is 5.32 Å². The fraction of sp³-hybridized carbons (Fsp3) is 0.643. The summed E-state index contributed by atoms with van der Waals surface area (Å²) in [4.78, 5) is 12.0. The van der Waals surface area contributed by atoms with Crippen molar-refractivity contribution < 1.29 is 14.6 Å². The van der Waals surface area contributed by atoms with Crippen LogP contribution in [0.3, 0.4) is 0 Å². The van der Waals surface area contributed by atoms with E-state index >= 15 is 0 Å². The van der Waals surface area contributed by atoms with Crippen molar-refractivity contribution in [2.75, 3.05) is 26.4 Å². The van der Waals surface area contributed by atoms with E-state index in [4.69, 9.17) is 4.74 Å². The lowest BCUT2D eigenvalue weighted by Crippen LogP contribution is -2.38. The van der Waals surface area contributed by atoms with Crippen molar-refractivity contribution in [2.24, 2.45) is 11.8 Å². The molecule has 1 unspecified atom stereocenters. The number of carbonyl (C=O) groups excluding carboxylic acids is 1. The maximum Gasteiger partial charge on any atom is 0.223 e. The lowest BCUT2D eigenvalue weighted by Gasteiger charge is -2.22. The number of aliphatic hydroxyl groups is 1. The van der Waals surface area contributed by atoms with Crippen LogP contribution in [0.5, 0.6) is 0 Å². The Kier molecular flexibility index (Phi) is 5.82. The molecule has 0 spiro atoms. The Hall–Kier alpha value is -0.910. The van der Waals surface area contributed by atoms with Crippen LogP contribution in [0.1, 0.15) is 18.4 Å². The Bertz CT molecular complexity index is 374. The van der Waals surface area contributed by atoms with Gasteiger partial charge in [0, 0.05) is 38.2 Å². The average Bonchev–Trinajstić information content (AvgIpc) is 2.97. The molecule has 2 rings (SSSR count). The molecule has 0 saturated carbocycles. The largest absolute Gasteiger partial charge is 0.396 e. The number of ether oxygens (including phenoxy) is 1. The van der Waals surface area contributed by atoms with Gasteiger partial charge in [0.05, 0.1) is 0 Å². The van der Waals surface area contributed by atoms with Gasteiger partial charge in [-0.15, -0.1) is 0 Å². The Morgan fingerprint density at radius 3 is 2.95 bits per heavy atom. The topological polar surface area (TPSA) is 58.6 Å². The first-order chi connectivity index (χ1) is 9.29. The van der Waals surface area contributed by atoms with Gasteiger partial charge in [-0.2, -0.15) is 11.3 Å². The quantitative estimate of drug-likeness (QED) is 0.830. The van der Waals surface area contributed by atoms with E-state index in [1.807, 2.05) is 5.38 Å².